The molecule has 0 saturated heterocycles. The van der Waals surface area contributed by atoms with Crippen molar-refractivity contribution in [2.75, 3.05) is 15.9 Å². The van der Waals surface area contributed by atoms with E-state index in [1.807, 2.05) is 6.92 Å². The zero-order chi connectivity index (χ0) is 22.1. The molecule has 0 aliphatic heterocycles. The van der Waals surface area contributed by atoms with E-state index in [4.69, 9.17) is 11.6 Å². The summed E-state index contributed by atoms with van der Waals surface area (Å²) in [6.07, 6.45) is -3.74. The quantitative estimate of drug-likeness (QED) is 0.716. The van der Waals surface area contributed by atoms with Gasteiger partial charge in [0.1, 0.15) is 6.04 Å². The van der Waals surface area contributed by atoms with Crippen LogP contribution in [0.2, 0.25) is 5.02 Å². The largest absolute Gasteiger partial charge is 0.417 e. The van der Waals surface area contributed by atoms with Gasteiger partial charge < -0.3 is 5.32 Å². The first-order valence-corrected chi connectivity index (χ1v) is 10.7. The average molecular weight is 449 g/mol. The zero-order valence-corrected chi connectivity index (χ0v) is 17.7. The highest BCUT2D eigenvalue weighted by molar-refractivity contribution is 7.92. The summed E-state index contributed by atoms with van der Waals surface area (Å²) in [5.74, 6) is -0.788. The minimum absolute atomic E-state index is 0.146. The van der Waals surface area contributed by atoms with Gasteiger partial charge in [-0.3, -0.25) is 9.10 Å². The van der Waals surface area contributed by atoms with E-state index < -0.39 is 38.7 Å². The Morgan fingerprint density at radius 3 is 2.24 bits per heavy atom. The van der Waals surface area contributed by atoms with Crippen LogP contribution in [0.25, 0.3) is 0 Å². The van der Waals surface area contributed by atoms with Gasteiger partial charge in [0.05, 0.1) is 22.5 Å². The molecule has 1 atom stereocenters. The second-order valence-electron chi connectivity index (χ2n) is 6.68. The van der Waals surface area contributed by atoms with Crippen molar-refractivity contribution >= 4 is 38.9 Å². The van der Waals surface area contributed by atoms with Crippen LogP contribution in [0.4, 0.5) is 24.5 Å². The lowest BCUT2D eigenvalue weighted by Crippen LogP contribution is -2.45. The summed E-state index contributed by atoms with van der Waals surface area (Å²) in [7, 11) is -3.85. The van der Waals surface area contributed by atoms with Crippen LogP contribution < -0.4 is 9.62 Å². The molecular formula is C19H20ClF3N2O3S. The van der Waals surface area contributed by atoms with Crippen molar-refractivity contribution in [3.8, 4) is 0 Å². The van der Waals surface area contributed by atoms with E-state index in [0.717, 1.165) is 27.8 Å². The van der Waals surface area contributed by atoms with Crippen molar-refractivity contribution in [1.29, 1.82) is 0 Å². The third kappa shape index (κ3) is 5.42. The number of alkyl halides is 3. The molecule has 0 aliphatic carbocycles. The summed E-state index contributed by atoms with van der Waals surface area (Å²) >= 11 is 5.58. The first kappa shape index (κ1) is 23.0. The monoisotopic (exact) mass is 448 g/mol. The number of nitrogens with one attached hydrogen (secondary N) is 1. The molecule has 2 rings (SSSR count). The van der Waals surface area contributed by atoms with Gasteiger partial charge in [-0.05, 0) is 62.2 Å². The highest BCUT2D eigenvalue weighted by atomic mass is 35.5. The fourth-order valence-corrected chi connectivity index (χ4v) is 4.13. The summed E-state index contributed by atoms with van der Waals surface area (Å²) in [6, 6.07) is 6.64. The Balaban J connectivity index is 2.36. The Hall–Kier alpha value is -2.26. The first-order valence-electron chi connectivity index (χ1n) is 8.46. The summed E-state index contributed by atoms with van der Waals surface area (Å²) in [4.78, 5) is 12.6. The Labute approximate surface area is 172 Å². The number of aryl methyl sites for hydroxylation is 2. The Morgan fingerprint density at radius 2 is 1.72 bits per heavy atom. The molecule has 0 aliphatic rings. The molecule has 0 saturated carbocycles. The van der Waals surface area contributed by atoms with Gasteiger partial charge in [0.2, 0.25) is 15.9 Å². The smallest absolute Gasteiger partial charge is 0.324 e. The van der Waals surface area contributed by atoms with E-state index in [0.29, 0.717) is 6.07 Å². The molecule has 1 N–H and O–H groups in total. The molecule has 158 valence electrons. The second-order valence-corrected chi connectivity index (χ2v) is 8.95. The van der Waals surface area contributed by atoms with Crippen molar-refractivity contribution in [3.63, 3.8) is 0 Å². The Kier molecular flexibility index (Phi) is 6.54. The maximum atomic E-state index is 13.0. The Bertz CT molecular complexity index is 1040. The normalized spacial score (nSPS) is 13.1. The van der Waals surface area contributed by atoms with Crippen molar-refractivity contribution in [1.82, 2.24) is 0 Å². The summed E-state index contributed by atoms with van der Waals surface area (Å²) in [6.45, 7) is 5.02. The number of amides is 1. The fourth-order valence-electron chi connectivity index (χ4n) is 2.74. The van der Waals surface area contributed by atoms with Gasteiger partial charge in [0.25, 0.3) is 0 Å². The molecule has 0 fully saturated rings. The predicted molar refractivity (Wildman–Crippen MR) is 108 cm³/mol. The number of carbonyl (C=O) groups is 1. The van der Waals surface area contributed by atoms with E-state index >= 15 is 0 Å². The van der Waals surface area contributed by atoms with Gasteiger partial charge in [-0.1, -0.05) is 17.7 Å². The van der Waals surface area contributed by atoms with Crippen molar-refractivity contribution in [2.45, 2.75) is 33.0 Å². The number of sulfonamides is 1. The average Bonchev–Trinajstić information content (AvgIpc) is 2.57. The molecule has 5 nitrogen and oxygen atoms in total. The van der Waals surface area contributed by atoms with Gasteiger partial charge in [0, 0.05) is 5.69 Å². The van der Waals surface area contributed by atoms with Crippen LogP contribution in [-0.2, 0) is 21.0 Å². The van der Waals surface area contributed by atoms with E-state index in [2.05, 4.69) is 5.32 Å². The summed E-state index contributed by atoms with van der Waals surface area (Å²) < 4.78 is 64.6. The van der Waals surface area contributed by atoms with Gasteiger partial charge in [-0.2, -0.15) is 13.2 Å². The van der Waals surface area contributed by atoms with E-state index in [-0.39, 0.29) is 11.4 Å². The molecule has 2 aromatic rings. The SMILES string of the molecule is Cc1ccc(N(C(C)C(=O)Nc2ccc(Cl)c(C(F)(F)F)c2)S(C)(=O)=O)cc1C. The van der Waals surface area contributed by atoms with Gasteiger partial charge in [-0.15, -0.1) is 0 Å². The van der Waals surface area contributed by atoms with Crippen LogP contribution >= 0.6 is 11.6 Å². The minimum Gasteiger partial charge on any atom is -0.324 e. The number of nitrogens with zero attached hydrogens (tertiary/aromatic N) is 1. The van der Waals surface area contributed by atoms with Gasteiger partial charge in [0.15, 0.2) is 0 Å². The van der Waals surface area contributed by atoms with Crippen LogP contribution in [0.5, 0.6) is 0 Å². The standard InChI is InChI=1S/C19H20ClF3N2O3S/c1-11-5-7-15(9-12(11)2)25(29(4,27)28)13(3)18(26)24-14-6-8-17(20)16(10-14)19(21,22)23/h5-10,13H,1-4H3,(H,24,26). The lowest BCUT2D eigenvalue weighted by molar-refractivity contribution is -0.137. The van der Waals surface area contributed by atoms with Gasteiger partial charge >= 0.3 is 6.18 Å². The summed E-state index contributed by atoms with van der Waals surface area (Å²) in [5.41, 5.74) is 0.813. The van der Waals surface area contributed by atoms with E-state index in [9.17, 15) is 26.4 Å². The van der Waals surface area contributed by atoms with Crippen molar-refractivity contribution in [3.05, 3.63) is 58.1 Å². The minimum atomic E-state index is -4.69. The van der Waals surface area contributed by atoms with Crippen LogP contribution in [-0.4, -0.2) is 26.6 Å². The summed E-state index contributed by atoms with van der Waals surface area (Å²) in [5, 5.41) is 1.82. The third-order valence-corrected chi connectivity index (χ3v) is 5.94. The number of hydrogen-bond donors (Lipinski definition) is 1. The molecule has 0 bridgehead atoms. The topological polar surface area (TPSA) is 66.5 Å². The molecule has 1 unspecified atom stereocenters. The van der Waals surface area contributed by atoms with Gasteiger partial charge in [-0.25, -0.2) is 8.42 Å². The highest BCUT2D eigenvalue weighted by Gasteiger charge is 2.34. The Morgan fingerprint density at radius 1 is 1.10 bits per heavy atom. The van der Waals surface area contributed by atoms with Crippen LogP contribution in [0.3, 0.4) is 0 Å². The lowest BCUT2D eigenvalue weighted by Gasteiger charge is -2.28. The van der Waals surface area contributed by atoms with E-state index in [1.54, 1.807) is 25.1 Å². The van der Waals surface area contributed by atoms with Crippen molar-refractivity contribution < 1.29 is 26.4 Å². The van der Waals surface area contributed by atoms with E-state index in [1.165, 1.54) is 13.0 Å². The number of carbonyl (C=O) groups excluding carboxylic acids is 1. The van der Waals surface area contributed by atoms with Crippen LogP contribution in [0, 0.1) is 13.8 Å². The molecule has 0 radical (unpaired) electrons. The molecule has 0 spiro atoms. The molecule has 0 heterocycles. The number of halogens is 4. The number of rotatable bonds is 5. The lowest BCUT2D eigenvalue weighted by atomic mass is 10.1. The fraction of sp³-hybridized carbons (Fsp3) is 0.316. The first-order chi connectivity index (χ1) is 13.2. The molecule has 10 heteroatoms. The number of anilines is 2. The number of benzene rings is 2. The highest BCUT2D eigenvalue weighted by Crippen LogP contribution is 2.36. The van der Waals surface area contributed by atoms with Crippen molar-refractivity contribution in [2.24, 2.45) is 0 Å². The maximum absolute atomic E-state index is 13.0. The molecular weight excluding hydrogens is 429 g/mol. The second kappa shape index (κ2) is 8.23. The maximum Gasteiger partial charge on any atom is 0.417 e. The molecule has 1 amide bonds. The number of hydrogen-bond acceptors (Lipinski definition) is 3. The third-order valence-electron chi connectivity index (χ3n) is 4.37. The van der Waals surface area contributed by atoms with Crippen LogP contribution in [0.1, 0.15) is 23.6 Å². The molecule has 2 aromatic carbocycles. The predicted octanol–water partition coefficient (Wildman–Crippen LogP) is 4.77. The molecule has 0 aromatic heterocycles. The molecule has 29 heavy (non-hydrogen) atoms. The van der Waals surface area contributed by atoms with Crippen LogP contribution in [0.15, 0.2) is 36.4 Å². The zero-order valence-electron chi connectivity index (χ0n) is 16.1.